The minimum Gasteiger partial charge on any atom is -0.259 e. The summed E-state index contributed by atoms with van der Waals surface area (Å²) in [4.78, 5) is 5.67. The zero-order valence-corrected chi connectivity index (χ0v) is 12.0. The summed E-state index contributed by atoms with van der Waals surface area (Å²) in [5.41, 5.74) is 1.09. The van der Waals surface area contributed by atoms with Crippen LogP contribution in [-0.2, 0) is 6.54 Å². The van der Waals surface area contributed by atoms with E-state index in [0.717, 1.165) is 18.0 Å². The van der Waals surface area contributed by atoms with E-state index < -0.39 is 0 Å². The molecule has 16 heavy (non-hydrogen) atoms. The van der Waals surface area contributed by atoms with Gasteiger partial charge in [-0.3, -0.25) is 9.71 Å². The van der Waals surface area contributed by atoms with Crippen LogP contribution in [-0.4, -0.2) is 15.5 Å². The van der Waals surface area contributed by atoms with Crippen LogP contribution < -0.4 is 4.72 Å². The highest BCUT2D eigenvalue weighted by molar-refractivity contribution is 7.99. The van der Waals surface area contributed by atoms with E-state index in [4.69, 9.17) is 0 Å². The molecule has 0 spiro atoms. The number of aromatic nitrogens is 1. The van der Waals surface area contributed by atoms with Crippen molar-refractivity contribution in [3.8, 4) is 0 Å². The second-order valence-electron chi connectivity index (χ2n) is 4.45. The molecular weight excluding hydrogens is 236 g/mol. The van der Waals surface area contributed by atoms with E-state index in [1.807, 2.05) is 18.0 Å². The molecule has 0 unspecified atom stereocenters. The van der Waals surface area contributed by atoms with E-state index in [0.29, 0.717) is 0 Å². The second-order valence-corrected chi connectivity index (χ2v) is 7.51. The molecule has 1 aromatic heterocycles. The fourth-order valence-electron chi connectivity index (χ4n) is 1.09. The average molecular weight is 256 g/mol. The fraction of sp³-hybridized carbons (Fsp3) is 0.583. The van der Waals surface area contributed by atoms with Gasteiger partial charge in [0.05, 0.1) is 5.69 Å². The molecule has 0 amide bonds. The number of nitrogens with one attached hydrogen (secondary N) is 1. The Kier molecular flexibility index (Phi) is 5.66. The predicted octanol–water partition coefficient (Wildman–Crippen LogP) is 3.73. The van der Waals surface area contributed by atoms with Crippen LogP contribution in [0.1, 0.15) is 33.4 Å². The third-order valence-corrected chi connectivity index (χ3v) is 3.50. The van der Waals surface area contributed by atoms with Gasteiger partial charge in [-0.1, -0.05) is 18.9 Å². The van der Waals surface area contributed by atoms with Crippen LogP contribution in [0.3, 0.4) is 0 Å². The molecule has 0 radical (unpaired) electrons. The normalized spacial score (nSPS) is 11.8. The second kappa shape index (κ2) is 6.52. The summed E-state index contributed by atoms with van der Waals surface area (Å²) in [5, 5.41) is 0. The molecule has 1 aromatic rings. The van der Waals surface area contributed by atoms with E-state index in [-0.39, 0.29) is 4.75 Å². The zero-order chi connectivity index (χ0) is 12.0. The quantitative estimate of drug-likeness (QED) is 0.641. The van der Waals surface area contributed by atoms with Gasteiger partial charge in [0.25, 0.3) is 0 Å². The van der Waals surface area contributed by atoms with Crippen molar-refractivity contribution in [3.05, 3.63) is 24.0 Å². The van der Waals surface area contributed by atoms with Crippen LogP contribution in [0.4, 0.5) is 0 Å². The Morgan fingerprint density at radius 2 is 2.06 bits per heavy atom. The first-order valence-electron chi connectivity index (χ1n) is 5.50. The van der Waals surface area contributed by atoms with Crippen molar-refractivity contribution < 1.29 is 0 Å². The highest BCUT2D eigenvalue weighted by Gasteiger charge is 2.09. The molecule has 90 valence electrons. The molecule has 0 fully saturated rings. The fourth-order valence-corrected chi connectivity index (χ4v) is 2.37. The Hall–Kier alpha value is -0.190. The van der Waals surface area contributed by atoms with Crippen molar-refractivity contribution in [3.63, 3.8) is 0 Å². The monoisotopic (exact) mass is 256 g/mol. The van der Waals surface area contributed by atoms with Gasteiger partial charge < -0.3 is 0 Å². The summed E-state index contributed by atoms with van der Waals surface area (Å²) in [5.74, 6) is 1.10. The van der Waals surface area contributed by atoms with Gasteiger partial charge in [-0.05, 0) is 38.7 Å². The van der Waals surface area contributed by atoms with Gasteiger partial charge in [-0.2, -0.15) is 0 Å². The smallest absolute Gasteiger partial charge is 0.0551 e. The lowest BCUT2D eigenvalue weighted by Crippen LogP contribution is -2.17. The van der Waals surface area contributed by atoms with Crippen molar-refractivity contribution in [1.82, 2.24) is 9.71 Å². The number of thioether (sulfide) groups is 1. The maximum absolute atomic E-state index is 4.42. The van der Waals surface area contributed by atoms with Crippen LogP contribution in [0.5, 0.6) is 0 Å². The third kappa shape index (κ3) is 5.77. The summed E-state index contributed by atoms with van der Waals surface area (Å²) in [6, 6.07) is 4.23. The number of rotatable bonds is 5. The summed E-state index contributed by atoms with van der Waals surface area (Å²) in [6.07, 6.45) is 1.95. The summed E-state index contributed by atoms with van der Waals surface area (Å²) in [7, 11) is 0. The molecule has 0 atom stereocenters. The predicted molar refractivity (Wildman–Crippen MR) is 74.8 cm³/mol. The molecular formula is C12H20N2S2. The molecule has 0 aliphatic rings. The van der Waals surface area contributed by atoms with Crippen molar-refractivity contribution in [2.24, 2.45) is 0 Å². The summed E-state index contributed by atoms with van der Waals surface area (Å²) >= 11 is 3.57. The summed E-state index contributed by atoms with van der Waals surface area (Å²) < 4.78 is 3.59. The molecule has 0 aromatic carbocycles. The van der Waals surface area contributed by atoms with Crippen molar-refractivity contribution >= 4 is 23.7 Å². The lowest BCUT2D eigenvalue weighted by atomic mass is 10.3. The third-order valence-electron chi connectivity index (χ3n) is 1.74. The van der Waals surface area contributed by atoms with Gasteiger partial charge >= 0.3 is 0 Å². The van der Waals surface area contributed by atoms with E-state index in [1.54, 1.807) is 11.9 Å². The van der Waals surface area contributed by atoms with Crippen molar-refractivity contribution in [2.75, 3.05) is 5.75 Å². The lowest BCUT2D eigenvalue weighted by Gasteiger charge is -2.17. The minimum absolute atomic E-state index is 0.248. The number of hydrogen-bond acceptors (Lipinski definition) is 4. The highest BCUT2D eigenvalue weighted by Crippen LogP contribution is 2.20. The van der Waals surface area contributed by atoms with Gasteiger partial charge in [0.2, 0.25) is 0 Å². The van der Waals surface area contributed by atoms with Crippen LogP contribution in [0.25, 0.3) is 0 Å². The van der Waals surface area contributed by atoms with Crippen LogP contribution >= 0.6 is 23.7 Å². The lowest BCUT2D eigenvalue weighted by molar-refractivity contribution is 0.784. The van der Waals surface area contributed by atoms with E-state index in [9.17, 15) is 0 Å². The molecule has 2 nitrogen and oxygen atoms in total. The van der Waals surface area contributed by atoms with Gasteiger partial charge in [-0.25, -0.2) is 0 Å². The van der Waals surface area contributed by atoms with Gasteiger partial charge in [0, 0.05) is 22.4 Å². The molecule has 0 saturated heterocycles. The first-order valence-corrected chi connectivity index (χ1v) is 7.30. The minimum atomic E-state index is 0.248. The Balaban J connectivity index is 2.37. The molecule has 0 aliphatic heterocycles. The van der Waals surface area contributed by atoms with Gasteiger partial charge in [0.1, 0.15) is 0 Å². The molecule has 0 bridgehead atoms. The largest absolute Gasteiger partial charge is 0.259 e. The number of hydrogen-bond donors (Lipinski definition) is 1. The van der Waals surface area contributed by atoms with E-state index in [2.05, 4.69) is 49.5 Å². The maximum atomic E-state index is 4.42. The van der Waals surface area contributed by atoms with Crippen molar-refractivity contribution in [2.45, 2.75) is 43.9 Å². The molecule has 0 saturated carbocycles. The SMILES string of the molecule is CCSc1ccc(CNSC(C)(C)C)nc1. The highest BCUT2D eigenvalue weighted by atomic mass is 32.2. The van der Waals surface area contributed by atoms with Gasteiger partial charge in [0.15, 0.2) is 0 Å². The molecule has 1 rings (SSSR count). The Morgan fingerprint density at radius 1 is 1.31 bits per heavy atom. The first kappa shape index (κ1) is 13.9. The van der Waals surface area contributed by atoms with Crippen LogP contribution in [0.2, 0.25) is 0 Å². The zero-order valence-electron chi connectivity index (χ0n) is 10.4. The molecule has 0 aliphatic carbocycles. The van der Waals surface area contributed by atoms with E-state index in [1.165, 1.54) is 4.90 Å². The van der Waals surface area contributed by atoms with Crippen LogP contribution in [0.15, 0.2) is 23.2 Å². The maximum Gasteiger partial charge on any atom is 0.0551 e. The molecule has 1 N–H and O–H groups in total. The summed E-state index contributed by atoms with van der Waals surface area (Å²) in [6.45, 7) is 9.55. The van der Waals surface area contributed by atoms with Crippen molar-refractivity contribution in [1.29, 1.82) is 0 Å². The van der Waals surface area contributed by atoms with E-state index >= 15 is 0 Å². The molecule has 4 heteroatoms. The standard InChI is InChI=1S/C12H20N2S2/c1-5-15-11-7-6-10(13-9-11)8-14-16-12(2,3)4/h6-7,9,14H,5,8H2,1-4H3. The number of nitrogens with zero attached hydrogens (tertiary/aromatic N) is 1. The Bertz CT molecular complexity index is 304. The average Bonchev–Trinajstić information content (AvgIpc) is 2.19. The topological polar surface area (TPSA) is 24.9 Å². The molecule has 1 heterocycles. The Morgan fingerprint density at radius 3 is 2.56 bits per heavy atom. The number of pyridine rings is 1. The Labute approximate surface area is 107 Å². The first-order chi connectivity index (χ1) is 7.51. The van der Waals surface area contributed by atoms with Gasteiger partial charge in [-0.15, -0.1) is 11.8 Å². The van der Waals surface area contributed by atoms with Crippen LogP contribution in [0, 0.1) is 0 Å².